The monoisotopic (exact) mass is 462 g/mol. The third-order valence-electron chi connectivity index (χ3n) is 4.52. The van der Waals surface area contributed by atoms with E-state index in [9.17, 15) is 9.59 Å². The van der Waals surface area contributed by atoms with Gasteiger partial charge in [-0.1, -0.05) is 24.9 Å². The molecule has 132 valence electrons. The molecule has 1 saturated heterocycles. The molecule has 1 heterocycles. The number of unbranched alkanes of at least 4 members (excludes halogenated alkanes) is 1. The molecule has 1 fully saturated rings. The molecule has 0 aromatic heterocycles. The smallest absolute Gasteiger partial charge is 0.254 e. The van der Waals surface area contributed by atoms with Gasteiger partial charge in [-0.05, 0) is 60.1 Å². The first-order valence-corrected chi connectivity index (χ1v) is 9.89. The third-order valence-corrected chi connectivity index (χ3v) is 5.64. The summed E-state index contributed by atoms with van der Waals surface area (Å²) < 4.78 is 0.864. The molecule has 0 radical (unpaired) electrons. The number of carbonyl (C=O) groups excluding carboxylic acids is 2. The summed E-state index contributed by atoms with van der Waals surface area (Å²) in [6, 6.07) is 5.33. The van der Waals surface area contributed by atoms with Crippen LogP contribution in [0.25, 0.3) is 0 Å². The summed E-state index contributed by atoms with van der Waals surface area (Å²) in [5.74, 6) is 0.290. The van der Waals surface area contributed by atoms with Crippen molar-refractivity contribution in [1.82, 2.24) is 9.80 Å². The van der Waals surface area contributed by atoms with Gasteiger partial charge >= 0.3 is 0 Å². The van der Waals surface area contributed by atoms with Crippen molar-refractivity contribution in [2.75, 3.05) is 26.7 Å². The van der Waals surface area contributed by atoms with Gasteiger partial charge in [0.25, 0.3) is 5.91 Å². The van der Waals surface area contributed by atoms with Crippen LogP contribution in [0.5, 0.6) is 0 Å². The highest BCUT2D eigenvalue weighted by atomic mass is 127. The summed E-state index contributed by atoms with van der Waals surface area (Å²) in [6.07, 6.45) is 3.61. The Bertz CT molecular complexity index is 601. The van der Waals surface area contributed by atoms with E-state index < -0.39 is 0 Å². The average molecular weight is 463 g/mol. The van der Waals surface area contributed by atoms with Crippen molar-refractivity contribution in [3.63, 3.8) is 0 Å². The third kappa shape index (κ3) is 4.85. The second-order valence-corrected chi connectivity index (χ2v) is 7.90. The zero-order valence-electron chi connectivity index (χ0n) is 14.2. The van der Waals surface area contributed by atoms with Crippen LogP contribution in [-0.4, -0.2) is 48.3 Å². The molecule has 0 N–H and O–H groups in total. The van der Waals surface area contributed by atoms with Gasteiger partial charge in [0, 0.05) is 41.2 Å². The molecule has 4 nitrogen and oxygen atoms in total. The van der Waals surface area contributed by atoms with Gasteiger partial charge in [0.1, 0.15) is 0 Å². The predicted octanol–water partition coefficient (Wildman–Crippen LogP) is 4.06. The van der Waals surface area contributed by atoms with E-state index >= 15 is 0 Å². The van der Waals surface area contributed by atoms with E-state index in [-0.39, 0.29) is 17.7 Å². The van der Waals surface area contributed by atoms with Crippen molar-refractivity contribution < 1.29 is 9.59 Å². The summed E-state index contributed by atoms with van der Waals surface area (Å²) in [6.45, 7) is 4.21. The van der Waals surface area contributed by atoms with Crippen LogP contribution in [0.1, 0.15) is 43.0 Å². The molecule has 1 aliphatic rings. The van der Waals surface area contributed by atoms with Crippen LogP contribution in [0.2, 0.25) is 5.02 Å². The highest BCUT2D eigenvalue weighted by Gasteiger charge is 2.29. The number of nitrogens with zero attached hydrogens (tertiary/aromatic N) is 2. The van der Waals surface area contributed by atoms with E-state index in [0.717, 1.165) is 35.8 Å². The lowest BCUT2D eigenvalue weighted by molar-refractivity contribution is -0.135. The zero-order chi connectivity index (χ0) is 17.7. The first-order valence-electron chi connectivity index (χ1n) is 8.43. The number of carbonyl (C=O) groups is 2. The van der Waals surface area contributed by atoms with Gasteiger partial charge in [0.05, 0.1) is 5.56 Å². The first-order chi connectivity index (χ1) is 11.4. The van der Waals surface area contributed by atoms with Crippen LogP contribution in [0, 0.1) is 9.49 Å². The lowest BCUT2D eigenvalue weighted by Gasteiger charge is -2.33. The van der Waals surface area contributed by atoms with Crippen LogP contribution >= 0.6 is 34.2 Å². The normalized spacial score (nSPS) is 15.4. The van der Waals surface area contributed by atoms with Crippen molar-refractivity contribution in [3.8, 4) is 0 Å². The van der Waals surface area contributed by atoms with Crippen molar-refractivity contribution >= 4 is 46.0 Å². The number of halogens is 2. The molecular formula is C18H24ClIN2O2. The van der Waals surface area contributed by atoms with E-state index in [4.69, 9.17) is 11.6 Å². The van der Waals surface area contributed by atoms with E-state index in [2.05, 4.69) is 29.5 Å². The highest BCUT2D eigenvalue weighted by molar-refractivity contribution is 14.1. The minimum absolute atomic E-state index is 0.0290. The summed E-state index contributed by atoms with van der Waals surface area (Å²) in [4.78, 5) is 28.8. The SMILES string of the molecule is CCCCN(C)C(=O)C1CCN(C(=O)c2ccc(Cl)cc2I)CC1. The van der Waals surface area contributed by atoms with Gasteiger partial charge in [-0.15, -0.1) is 0 Å². The Morgan fingerprint density at radius 1 is 1.33 bits per heavy atom. The van der Waals surface area contributed by atoms with Crippen LogP contribution in [0.3, 0.4) is 0 Å². The van der Waals surface area contributed by atoms with E-state index in [1.165, 1.54) is 0 Å². The minimum Gasteiger partial charge on any atom is -0.346 e. The van der Waals surface area contributed by atoms with E-state index in [0.29, 0.717) is 23.7 Å². The average Bonchev–Trinajstić information content (AvgIpc) is 2.58. The Labute approximate surface area is 162 Å². The molecule has 6 heteroatoms. The maximum Gasteiger partial charge on any atom is 0.254 e. The molecule has 2 amide bonds. The summed E-state index contributed by atoms with van der Waals surface area (Å²) in [5.41, 5.74) is 0.685. The Hall–Kier alpha value is -0.820. The minimum atomic E-state index is 0.0290. The molecule has 0 unspecified atom stereocenters. The molecule has 24 heavy (non-hydrogen) atoms. The quantitative estimate of drug-likeness (QED) is 0.619. The molecule has 1 aromatic rings. The van der Waals surface area contributed by atoms with Crippen molar-refractivity contribution in [3.05, 3.63) is 32.4 Å². The molecule has 1 aliphatic heterocycles. The predicted molar refractivity (Wildman–Crippen MR) is 105 cm³/mol. The highest BCUT2D eigenvalue weighted by Crippen LogP contribution is 2.24. The lowest BCUT2D eigenvalue weighted by atomic mass is 9.95. The fourth-order valence-electron chi connectivity index (χ4n) is 2.98. The molecule has 2 rings (SSSR count). The van der Waals surface area contributed by atoms with Gasteiger partial charge in [-0.25, -0.2) is 0 Å². The van der Waals surface area contributed by atoms with Gasteiger partial charge in [-0.2, -0.15) is 0 Å². The number of amides is 2. The number of rotatable bonds is 5. The summed E-state index contributed by atoms with van der Waals surface area (Å²) >= 11 is 8.10. The maximum atomic E-state index is 12.7. The van der Waals surface area contributed by atoms with Crippen molar-refractivity contribution in [2.45, 2.75) is 32.6 Å². The second kappa shape index (κ2) is 9.04. The van der Waals surface area contributed by atoms with Gasteiger partial charge in [0.15, 0.2) is 0 Å². The van der Waals surface area contributed by atoms with Gasteiger partial charge in [0.2, 0.25) is 5.91 Å². The number of hydrogen-bond donors (Lipinski definition) is 0. The summed E-state index contributed by atoms with van der Waals surface area (Å²) in [7, 11) is 1.88. The van der Waals surface area contributed by atoms with Crippen LogP contribution < -0.4 is 0 Å². The number of hydrogen-bond acceptors (Lipinski definition) is 2. The molecule has 0 spiro atoms. The van der Waals surface area contributed by atoms with Crippen LogP contribution in [0.15, 0.2) is 18.2 Å². The standard InChI is InChI=1S/C18H24ClIN2O2/c1-3-4-9-21(2)17(23)13-7-10-22(11-8-13)18(24)15-6-5-14(19)12-16(15)20/h5-6,12-13H,3-4,7-11H2,1-2H3. The first kappa shape index (κ1) is 19.5. The van der Waals surface area contributed by atoms with Crippen molar-refractivity contribution in [2.24, 2.45) is 5.92 Å². The maximum absolute atomic E-state index is 12.7. The molecular weight excluding hydrogens is 439 g/mol. The van der Waals surface area contributed by atoms with E-state index in [1.807, 2.05) is 16.8 Å². The summed E-state index contributed by atoms with van der Waals surface area (Å²) in [5, 5.41) is 0.635. The topological polar surface area (TPSA) is 40.6 Å². The van der Waals surface area contributed by atoms with Gasteiger partial charge < -0.3 is 9.80 Å². The zero-order valence-corrected chi connectivity index (χ0v) is 17.1. The molecule has 0 bridgehead atoms. The van der Waals surface area contributed by atoms with E-state index in [1.54, 1.807) is 18.2 Å². The Kier molecular flexibility index (Phi) is 7.34. The number of benzene rings is 1. The fourth-order valence-corrected chi connectivity index (χ4v) is 4.08. The molecule has 1 aromatic carbocycles. The Morgan fingerprint density at radius 2 is 2.00 bits per heavy atom. The molecule has 0 atom stereocenters. The van der Waals surface area contributed by atoms with Gasteiger partial charge in [-0.3, -0.25) is 9.59 Å². The van der Waals surface area contributed by atoms with Crippen LogP contribution in [0.4, 0.5) is 0 Å². The molecule has 0 aliphatic carbocycles. The molecule has 0 saturated carbocycles. The largest absolute Gasteiger partial charge is 0.346 e. The van der Waals surface area contributed by atoms with Crippen LogP contribution in [-0.2, 0) is 4.79 Å². The second-order valence-electron chi connectivity index (χ2n) is 6.30. The lowest BCUT2D eigenvalue weighted by Crippen LogP contribution is -2.43. The Morgan fingerprint density at radius 3 is 2.58 bits per heavy atom. The fraction of sp³-hybridized carbons (Fsp3) is 0.556. The number of likely N-dealkylation sites (tertiary alicyclic amines) is 1. The number of piperidine rings is 1. The van der Waals surface area contributed by atoms with Crippen molar-refractivity contribution in [1.29, 1.82) is 0 Å². The Balaban J connectivity index is 1.92.